The Morgan fingerprint density at radius 3 is 2.31 bits per heavy atom. The van der Waals surface area contributed by atoms with Gasteiger partial charge in [-0.3, -0.25) is 39.1 Å². The summed E-state index contributed by atoms with van der Waals surface area (Å²) in [6.07, 6.45) is 5.02. The molecule has 5 saturated heterocycles. The predicted octanol–water partition coefficient (Wildman–Crippen LogP) is 3.73. The first kappa shape index (κ1) is 42.0. The lowest BCUT2D eigenvalue weighted by atomic mass is 9.89. The number of carbonyl (C=O) groups excluding carboxylic acids is 6. The molecule has 7 amide bonds. The van der Waals surface area contributed by atoms with Crippen molar-refractivity contribution in [3.63, 3.8) is 0 Å². The van der Waals surface area contributed by atoms with Crippen molar-refractivity contribution in [1.82, 2.24) is 35.2 Å². The lowest BCUT2D eigenvalue weighted by Gasteiger charge is -2.37. The number of nitrogens with two attached hydrogens (primary N) is 1. The van der Waals surface area contributed by atoms with E-state index in [1.165, 1.54) is 5.56 Å². The van der Waals surface area contributed by atoms with Crippen LogP contribution >= 0.6 is 0 Å². The number of carbonyl (C=O) groups is 6. The van der Waals surface area contributed by atoms with Gasteiger partial charge in [-0.25, -0.2) is 4.79 Å². The molecule has 18 heteroatoms. The fourth-order valence-corrected chi connectivity index (χ4v) is 10.5. The van der Waals surface area contributed by atoms with Gasteiger partial charge in [0.2, 0.25) is 17.8 Å². The number of aromatic nitrogens is 3. The minimum absolute atomic E-state index is 0.00143. The summed E-state index contributed by atoms with van der Waals surface area (Å²) in [5, 5.41) is 14.0. The highest BCUT2D eigenvalue weighted by Crippen LogP contribution is 2.35. The first-order chi connectivity index (χ1) is 31.6. The molecule has 65 heavy (non-hydrogen) atoms. The number of nitrogens with one attached hydrogen (secondary N) is 2. The molecule has 6 aliphatic heterocycles. The molecule has 10 rings (SSSR count). The molecule has 0 aliphatic carbocycles. The Kier molecular flexibility index (Phi) is 11.3. The molecule has 3 aromatic carbocycles. The van der Waals surface area contributed by atoms with E-state index in [1.807, 2.05) is 63.2 Å². The Hall–Kier alpha value is -6.95. The minimum Gasteiger partial charge on any atom is -0.371 e. The van der Waals surface area contributed by atoms with Crippen LogP contribution in [0.4, 0.5) is 33.6 Å². The van der Waals surface area contributed by atoms with Crippen LogP contribution in [0.1, 0.15) is 87.6 Å². The van der Waals surface area contributed by atoms with E-state index in [2.05, 4.69) is 42.8 Å². The number of likely N-dealkylation sites (tertiary alicyclic amines) is 1. The van der Waals surface area contributed by atoms with E-state index in [0.717, 1.165) is 86.8 Å². The zero-order valence-corrected chi connectivity index (χ0v) is 36.1. The average Bonchev–Trinajstić information content (AvgIpc) is 4.02. The molecule has 5 fully saturated rings. The molecule has 18 nitrogen and oxygen atoms in total. The van der Waals surface area contributed by atoms with Gasteiger partial charge in [-0.2, -0.15) is 4.98 Å². The number of anilines is 5. The van der Waals surface area contributed by atoms with Gasteiger partial charge < -0.3 is 30.7 Å². The fourth-order valence-electron chi connectivity index (χ4n) is 10.5. The van der Waals surface area contributed by atoms with Gasteiger partial charge in [-0.1, -0.05) is 30.3 Å². The highest BCUT2D eigenvalue weighted by atomic mass is 16.2. The first-order valence-electron chi connectivity index (χ1n) is 22.7. The molecule has 4 N–H and O–H groups in total. The van der Waals surface area contributed by atoms with Gasteiger partial charge in [0.1, 0.15) is 6.04 Å². The summed E-state index contributed by atoms with van der Waals surface area (Å²) < 4.78 is 0. The number of rotatable bonds is 11. The fraction of sp³-hybridized carbons (Fsp3) is 0.426. The Bertz CT molecular complexity index is 2530. The number of fused-ring (bicyclic) bond motifs is 1. The molecule has 336 valence electrons. The Morgan fingerprint density at radius 1 is 0.754 bits per heavy atom. The third kappa shape index (κ3) is 8.33. The molecular weight excluding hydrogens is 829 g/mol. The molecule has 1 aromatic heterocycles. The van der Waals surface area contributed by atoms with Crippen molar-refractivity contribution < 1.29 is 28.8 Å². The van der Waals surface area contributed by atoms with Gasteiger partial charge in [0.15, 0.2) is 11.5 Å². The molecule has 0 radical (unpaired) electrons. The van der Waals surface area contributed by atoms with Crippen LogP contribution in [0.2, 0.25) is 0 Å². The highest BCUT2D eigenvalue weighted by Gasteiger charge is 2.45. The molecule has 0 bridgehead atoms. The van der Waals surface area contributed by atoms with E-state index in [4.69, 9.17) is 10.7 Å². The number of amides is 7. The van der Waals surface area contributed by atoms with Crippen LogP contribution in [0.5, 0.6) is 0 Å². The summed E-state index contributed by atoms with van der Waals surface area (Å²) in [6.45, 7) is 7.17. The maximum Gasteiger partial charge on any atom is 0.324 e. The lowest BCUT2D eigenvalue weighted by Crippen LogP contribution is -2.54. The van der Waals surface area contributed by atoms with Gasteiger partial charge >= 0.3 is 6.03 Å². The summed E-state index contributed by atoms with van der Waals surface area (Å²) in [5.41, 5.74) is 10.0. The third-order valence-corrected chi connectivity index (χ3v) is 14.0. The number of nitrogens with zero attached hydrogens (tertiary/aromatic N) is 9. The minimum atomic E-state index is -0.982. The Morgan fingerprint density at radius 2 is 1.54 bits per heavy atom. The summed E-state index contributed by atoms with van der Waals surface area (Å²) in [6, 6.07) is 22.3. The SMILES string of the molecule is NC(=O)c1nnc(N2CCCC(N3CCN(c4ccccc4)C3=O)C2)nc1Nc1ccc(C2CCN(CC3CCN(c4ccc5c(c4)C(=O)N(C4CCC(=O)NC4=O)C5=O)C3)CC2)cc1. The van der Waals surface area contributed by atoms with Crippen LogP contribution in [0, 0.1) is 5.92 Å². The third-order valence-electron chi connectivity index (χ3n) is 14.0. The van der Waals surface area contributed by atoms with Crippen molar-refractivity contribution in [2.75, 3.05) is 78.9 Å². The molecule has 4 aromatic rings. The van der Waals surface area contributed by atoms with E-state index >= 15 is 0 Å². The van der Waals surface area contributed by atoms with Gasteiger partial charge in [-0.05, 0) is 111 Å². The van der Waals surface area contributed by atoms with Crippen molar-refractivity contribution in [1.29, 1.82) is 0 Å². The predicted molar refractivity (Wildman–Crippen MR) is 241 cm³/mol. The molecular formula is C47H52N12O6. The number of piperidine rings is 3. The number of benzene rings is 3. The number of hydrogen-bond donors (Lipinski definition) is 3. The zero-order valence-electron chi connectivity index (χ0n) is 36.1. The van der Waals surface area contributed by atoms with Crippen molar-refractivity contribution in [3.8, 4) is 0 Å². The molecule has 7 heterocycles. The van der Waals surface area contributed by atoms with Crippen LogP contribution in [0.25, 0.3) is 0 Å². The van der Waals surface area contributed by atoms with Crippen LogP contribution in [-0.4, -0.2) is 136 Å². The van der Waals surface area contributed by atoms with E-state index in [9.17, 15) is 28.8 Å². The molecule has 3 unspecified atom stereocenters. The second-order valence-electron chi connectivity index (χ2n) is 18.0. The average molecular weight is 881 g/mol. The molecule has 0 saturated carbocycles. The topological polar surface area (TPSA) is 211 Å². The molecule has 3 atom stereocenters. The standard InChI is InChI=1S/C47H52N12O6/c48-41(61)40-42(51-46(53-52-40)56-19-4-7-35(28-56)58-24-23-57(47(58)65)33-5-2-1-3-6-33)49-32-10-8-30(9-11-32)31-17-20-54(21-18-31)26-29-16-22-55(27-29)34-12-13-36-37(25-34)45(64)59(44(36)63)38-14-15-39(60)50-43(38)62/h1-3,5-6,8-13,25,29,31,35,38H,4,7,14-24,26-28H2,(H2,48,61)(H,49,51,53)(H,50,60,62). The lowest BCUT2D eigenvalue weighted by molar-refractivity contribution is -0.136. The van der Waals surface area contributed by atoms with Crippen LogP contribution in [-0.2, 0) is 9.59 Å². The highest BCUT2D eigenvalue weighted by molar-refractivity contribution is 6.23. The molecule has 0 spiro atoms. The van der Waals surface area contributed by atoms with E-state index in [0.29, 0.717) is 55.1 Å². The Labute approximate surface area is 376 Å². The van der Waals surface area contributed by atoms with Crippen LogP contribution in [0.15, 0.2) is 72.8 Å². The smallest absolute Gasteiger partial charge is 0.324 e. The Balaban J connectivity index is 0.717. The number of imide groups is 2. The van der Waals surface area contributed by atoms with Crippen molar-refractivity contribution in [2.45, 2.75) is 62.9 Å². The number of para-hydroxylation sites is 1. The van der Waals surface area contributed by atoms with Crippen LogP contribution in [0.3, 0.4) is 0 Å². The summed E-state index contributed by atoms with van der Waals surface area (Å²) in [7, 11) is 0. The molecule has 6 aliphatic rings. The summed E-state index contributed by atoms with van der Waals surface area (Å²) in [4.78, 5) is 93.0. The van der Waals surface area contributed by atoms with Gasteiger partial charge in [-0.15, -0.1) is 10.2 Å². The maximum atomic E-state index is 13.5. The first-order valence-corrected chi connectivity index (χ1v) is 22.7. The van der Waals surface area contributed by atoms with Crippen LogP contribution < -0.4 is 31.1 Å². The van der Waals surface area contributed by atoms with E-state index in [1.54, 1.807) is 12.1 Å². The van der Waals surface area contributed by atoms with Crippen molar-refractivity contribution >= 4 is 64.4 Å². The quantitative estimate of drug-likeness (QED) is 0.184. The largest absolute Gasteiger partial charge is 0.371 e. The van der Waals surface area contributed by atoms with Crippen molar-refractivity contribution in [3.05, 3.63) is 95.2 Å². The number of hydrogen-bond acceptors (Lipinski definition) is 13. The number of primary amides is 1. The van der Waals surface area contributed by atoms with E-state index < -0.39 is 35.6 Å². The summed E-state index contributed by atoms with van der Waals surface area (Å²) in [5.74, 6) is -1.24. The normalized spacial score (nSPS) is 23.1. The van der Waals surface area contributed by atoms with E-state index in [-0.39, 0.29) is 36.4 Å². The second-order valence-corrected chi connectivity index (χ2v) is 18.0. The van der Waals surface area contributed by atoms with Crippen molar-refractivity contribution in [2.24, 2.45) is 11.7 Å². The summed E-state index contributed by atoms with van der Waals surface area (Å²) >= 11 is 0. The second kappa shape index (κ2) is 17.6. The van der Waals surface area contributed by atoms with Gasteiger partial charge in [0.25, 0.3) is 17.7 Å². The monoisotopic (exact) mass is 880 g/mol. The zero-order chi connectivity index (χ0) is 44.8. The van der Waals surface area contributed by atoms with Gasteiger partial charge in [0.05, 0.1) is 17.2 Å². The van der Waals surface area contributed by atoms with Gasteiger partial charge in [0, 0.05) is 69.3 Å². The number of urea groups is 1. The maximum absolute atomic E-state index is 13.5.